The van der Waals surface area contributed by atoms with Crippen LogP contribution < -0.4 is 10.1 Å². The summed E-state index contributed by atoms with van der Waals surface area (Å²) in [5, 5.41) is 3.82. The van der Waals surface area contributed by atoms with Crippen LogP contribution in [0, 0.1) is 5.82 Å². The Balaban J connectivity index is 1.74. The molecule has 0 spiro atoms. The SMILES string of the molecule is O=C(c1ccc(Oc2ccc(Cl)cc2)c(F)c1)N1CCCNCC1. The first-order valence-corrected chi connectivity index (χ1v) is 8.24. The zero-order chi connectivity index (χ0) is 16.9. The van der Waals surface area contributed by atoms with Gasteiger partial charge in [0.2, 0.25) is 0 Å². The van der Waals surface area contributed by atoms with Gasteiger partial charge >= 0.3 is 0 Å². The standard InChI is InChI=1S/C18H18ClFN2O2/c19-14-3-5-15(6-4-14)24-17-7-2-13(12-16(17)20)18(23)22-10-1-8-21-9-11-22/h2-7,12,21H,1,8-11H2. The van der Waals surface area contributed by atoms with Crippen LogP contribution in [0.25, 0.3) is 0 Å². The quantitative estimate of drug-likeness (QED) is 0.919. The smallest absolute Gasteiger partial charge is 0.254 e. The van der Waals surface area contributed by atoms with E-state index in [1.807, 2.05) is 0 Å². The molecule has 3 rings (SSSR count). The summed E-state index contributed by atoms with van der Waals surface area (Å²) in [5.41, 5.74) is 0.331. The fourth-order valence-corrected chi connectivity index (χ4v) is 2.70. The second-order valence-corrected chi connectivity index (χ2v) is 6.03. The second kappa shape index (κ2) is 7.64. The molecule has 1 aliphatic heterocycles. The van der Waals surface area contributed by atoms with E-state index < -0.39 is 5.82 Å². The molecule has 6 heteroatoms. The molecular weight excluding hydrogens is 331 g/mol. The number of hydrogen-bond acceptors (Lipinski definition) is 3. The van der Waals surface area contributed by atoms with Crippen LogP contribution in [0.3, 0.4) is 0 Å². The third kappa shape index (κ3) is 4.04. The van der Waals surface area contributed by atoms with Crippen molar-refractivity contribution in [3.05, 3.63) is 58.9 Å². The molecule has 0 aromatic heterocycles. The van der Waals surface area contributed by atoms with Crippen LogP contribution in [0.15, 0.2) is 42.5 Å². The third-order valence-electron chi connectivity index (χ3n) is 3.85. The van der Waals surface area contributed by atoms with Crippen LogP contribution in [-0.2, 0) is 0 Å². The van der Waals surface area contributed by atoms with Crippen molar-refractivity contribution in [3.8, 4) is 11.5 Å². The Morgan fingerprint density at radius 3 is 2.67 bits per heavy atom. The topological polar surface area (TPSA) is 41.6 Å². The van der Waals surface area contributed by atoms with Gasteiger partial charge < -0.3 is 15.0 Å². The van der Waals surface area contributed by atoms with Gasteiger partial charge in [0.25, 0.3) is 5.91 Å². The van der Waals surface area contributed by atoms with Gasteiger partial charge in [-0.3, -0.25) is 4.79 Å². The molecule has 0 radical (unpaired) electrons. The van der Waals surface area contributed by atoms with Gasteiger partial charge in [-0.25, -0.2) is 4.39 Å². The van der Waals surface area contributed by atoms with Gasteiger partial charge in [-0.15, -0.1) is 0 Å². The molecule has 4 nitrogen and oxygen atoms in total. The van der Waals surface area contributed by atoms with Gasteiger partial charge in [0.15, 0.2) is 11.6 Å². The predicted octanol–water partition coefficient (Wildman–Crippen LogP) is 3.71. The number of hydrogen-bond donors (Lipinski definition) is 1. The molecule has 1 fully saturated rings. The normalized spacial score (nSPS) is 15.0. The minimum absolute atomic E-state index is 0.0754. The third-order valence-corrected chi connectivity index (χ3v) is 4.10. The number of ether oxygens (including phenoxy) is 1. The maximum atomic E-state index is 14.3. The van der Waals surface area contributed by atoms with E-state index in [2.05, 4.69) is 5.32 Å². The first-order valence-electron chi connectivity index (χ1n) is 7.86. The molecule has 0 atom stereocenters. The van der Waals surface area contributed by atoms with Crippen molar-refractivity contribution in [2.45, 2.75) is 6.42 Å². The van der Waals surface area contributed by atoms with E-state index in [-0.39, 0.29) is 11.7 Å². The zero-order valence-corrected chi connectivity index (χ0v) is 13.9. The predicted molar refractivity (Wildman–Crippen MR) is 91.3 cm³/mol. The van der Waals surface area contributed by atoms with E-state index in [0.717, 1.165) is 19.5 Å². The van der Waals surface area contributed by atoms with Crippen LogP contribution >= 0.6 is 11.6 Å². The maximum Gasteiger partial charge on any atom is 0.254 e. The van der Waals surface area contributed by atoms with Gasteiger partial charge in [-0.1, -0.05) is 11.6 Å². The summed E-state index contributed by atoms with van der Waals surface area (Å²) in [4.78, 5) is 14.2. The largest absolute Gasteiger partial charge is 0.454 e. The number of rotatable bonds is 3. The summed E-state index contributed by atoms with van der Waals surface area (Å²) in [6, 6.07) is 10.9. The summed E-state index contributed by atoms with van der Waals surface area (Å²) < 4.78 is 19.8. The lowest BCUT2D eigenvalue weighted by Gasteiger charge is -2.20. The highest BCUT2D eigenvalue weighted by molar-refractivity contribution is 6.30. The van der Waals surface area contributed by atoms with E-state index in [1.165, 1.54) is 12.1 Å². The second-order valence-electron chi connectivity index (χ2n) is 5.60. The van der Waals surface area contributed by atoms with Crippen LogP contribution in [-0.4, -0.2) is 37.0 Å². The van der Waals surface area contributed by atoms with E-state index in [4.69, 9.17) is 16.3 Å². The zero-order valence-electron chi connectivity index (χ0n) is 13.1. The molecule has 0 bridgehead atoms. The number of benzene rings is 2. The highest BCUT2D eigenvalue weighted by Gasteiger charge is 2.18. The van der Waals surface area contributed by atoms with Crippen molar-refractivity contribution in [1.82, 2.24) is 10.2 Å². The first-order chi connectivity index (χ1) is 11.6. The number of carbonyl (C=O) groups is 1. The average molecular weight is 349 g/mol. The maximum absolute atomic E-state index is 14.3. The number of carbonyl (C=O) groups excluding carboxylic acids is 1. The fraction of sp³-hybridized carbons (Fsp3) is 0.278. The molecule has 2 aromatic carbocycles. The molecule has 1 saturated heterocycles. The van der Waals surface area contributed by atoms with Gasteiger partial charge in [0.05, 0.1) is 0 Å². The van der Waals surface area contributed by atoms with E-state index in [1.54, 1.807) is 35.2 Å². The molecule has 1 aliphatic rings. The van der Waals surface area contributed by atoms with Crippen LogP contribution in [0.2, 0.25) is 5.02 Å². The van der Waals surface area contributed by atoms with Crippen molar-refractivity contribution in [2.24, 2.45) is 0 Å². The molecule has 2 aromatic rings. The van der Waals surface area contributed by atoms with Gasteiger partial charge in [-0.05, 0) is 55.4 Å². The van der Waals surface area contributed by atoms with Crippen molar-refractivity contribution < 1.29 is 13.9 Å². The Labute approximate surface area is 145 Å². The van der Waals surface area contributed by atoms with Gasteiger partial charge in [0.1, 0.15) is 5.75 Å². The van der Waals surface area contributed by atoms with Crippen molar-refractivity contribution in [2.75, 3.05) is 26.2 Å². The summed E-state index contributed by atoms with van der Waals surface area (Å²) in [7, 11) is 0. The Morgan fingerprint density at radius 2 is 1.92 bits per heavy atom. The molecule has 0 unspecified atom stereocenters. The van der Waals surface area contributed by atoms with E-state index >= 15 is 0 Å². The van der Waals surface area contributed by atoms with E-state index in [9.17, 15) is 9.18 Å². The highest BCUT2D eigenvalue weighted by Crippen LogP contribution is 2.26. The Hall–Kier alpha value is -2.11. The molecule has 1 heterocycles. The molecule has 0 saturated carbocycles. The van der Waals surface area contributed by atoms with Gasteiger partial charge in [-0.2, -0.15) is 0 Å². The van der Waals surface area contributed by atoms with Crippen molar-refractivity contribution in [1.29, 1.82) is 0 Å². The van der Waals surface area contributed by atoms with E-state index in [0.29, 0.717) is 29.4 Å². The minimum atomic E-state index is -0.566. The molecular formula is C18H18ClFN2O2. The molecule has 24 heavy (non-hydrogen) atoms. The number of halogens is 2. The minimum Gasteiger partial charge on any atom is -0.454 e. The first kappa shape index (κ1) is 16.7. The summed E-state index contributed by atoms with van der Waals surface area (Å²) in [6.07, 6.45) is 0.895. The lowest BCUT2D eigenvalue weighted by Crippen LogP contribution is -2.34. The van der Waals surface area contributed by atoms with Crippen molar-refractivity contribution in [3.63, 3.8) is 0 Å². The van der Waals surface area contributed by atoms with Crippen LogP contribution in [0.4, 0.5) is 4.39 Å². The average Bonchev–Trinajstić information content (AvgIpc) is 2.87. The van der Waals surface area contributed by atoms with Gasteiger partial charge in [0, 0.05) is 30.2 Å². The summed E-state index contributed by atoms with van der Waals surface area (Å²) in [6.45, 7) is 2.96. The Morgan fingerprint density at radius 1 is 1.12 bits per heavy atom. The van der Waals surface area contributed by atoms with Crippen molar-refractivity contribution >= 4 is 17.5 Å². The van der Waals surface area contributed by atoms with Crippen LogP contribution in [0.5, 0.6) is 11.5 Å². The highest BCUT2D eigenvalue weighted by atomic mass is 35.5. The van der Waals surface area contributed by atoms with Crippen LogP contribution in [0.1, 0.15) is 16.8 Å². The monoisotopic (exact) mass is 348 g/mol. The number of amides is 1. The lowest BCUT2D eigenvalue weighted by atomic mass is 10.1. The Bertz CT molecular complexity index is 713. The Kier molecular flexibility index (Phi) is 5.33. The fourth-order valence-electron chi connectivity index (χ4n) is 2.58. The summed E-state index contributed by atoms with van der Waals surface area (Å²) >= 11 is 5.81. The molecule has 1 N–H and O–H groups in total. The molecule has 1 amide bonds. The number of nitrogens with one attached hydrogen (secondary N) is 1. The lowest BCUT2D eigenvalue weighted by molar-refractivity contribution is 0.0766. The number of nitrogens with zero attached hydrogens (tertiary/aromatic N) is 1. The molecule has 0 aliphatic carbocycles. The summed E-state index contributed by atoms with van der Waals surface area (Å²) in [5.74, 6) is -0.165. The molecule has 126 valence electrons.